The van der Waals surface area contributed by atoms with Crippen LogP contribution in [0.4, 0.5) is 4.39 Å². The summed E-state index contributed by atoms with van der Waals surface area (Å²) >= 11 is 0. The largest absolute Gasteiger partial charge is 0.394 e. The Bertz CT molecular complexity index is 2300. The predicted octanol–water partition coefficient (Wildman–Crippen LogP) is -17.7. The normalized spacial score (nSPS) is 53.9. The maximum atomic E-state index is 14.4. The molecule has 42 nitrogen and oxygen atoms in total. The van der Waals surface area contributed by atoms with Crippen molar-refractivity contribution < 1.29 is 213 Å². The van der Waals surface area contributed by atoms with Gasteiger partial charge in [0.25, 0.3) is 0 Å². The predicted molar refractivity (Wildman–Crippen MR) is 278 cm³/mol. The van der Waals surface area contributed by atoms with Gasteiger partial charge in [-0.25, -0.2) is 4.39 Å². The van der Waals surface area contributed by atoms with E-state index in [1.54, 1.807) is 0 Å². The Labute approximate surface area is 529 Å². The Balaban J connectivity index is 0.968. The molecule has 0 bridgehead atoms. The van der Waals surface area contributed by atoms with Crippen LogP contribution in [0.5, 0.6) is 0 Å². The molecule has 0 amide bonds. The molecule has 0 aromatic rings. The average molecular weight is 1390 g/mol. The SMILES string of the molecule is OC[C@H]1O[C@@H](O[C@H]2[C@H](O)[C@@H](O)[C@H](O[C@H]3[C@H](O)[C@@H](O)[C@H](O[C@H]4[C@H](O)[C@@H](O)[C@H](O[C@H]5[C@H](O)[C@@H](O)[C@H](O[C@H]6[C@H](O)[C@@H](O)[C@@H](F)O[C@@H]6CO)O[C@@H]5CO[C@H]5OC[C@@H](O)[C@H](O)[C@H]5O)O[C@@H]4CO[C@H]4OC[C@@H](O)[C@H](O)[C@H]4O)O[C@@H]3CO[C@H]3OC[C@@H](O)[C@H](O)[C@H]3O)O[C@@H]2CO)[C@H](O)[C@@H](O)[C@H]1O. The molecule has 9 aliphatic rings. The molecular formula is C51H85FO42. The van der Waals surface area contributed by atoms with Crippen LogP contribution in [0.25, 0.3) is 0 Å². The van der Waals surface area contributed by atoms with Crippen LogP contribution in [0.3, 0.4) is 0 Å². The second-order valence-corrected chi connectivity index (χ2v) is 23.9. The van der Waals surface area contributed by atoms with Crippen molar-refractivity contribution in [2.45, 2.75) is 258 Å². The molecule has 0 aromatic carbocycles. The third kappa shape index (κ3) is 16.3. The molecule has 0 unspecified atom stereocenters. The fourth-order valence-electron chi connectivity index (χ4n) is 11.8. The lowest BCUT2D eigenvalue weighted by molar-refractivity contribution is -0.400. The molecule has 9 fully saturated rings. The standard InChI is InChI=1S/C51H85FO42/c52-43-29(69)24(64)38(14(2-54)84-43)90-49-35(75)26(66)41(17(87-49)8-82-45-31(71)20(60)11(57)5-79-45)93-51-37(77)28(68)42(18(89-51)9-83-46-32(72)21(61)12(58)6-80-46)94-50-36(76)27(67)40(16(88-50)7-81-44-30(70)19(59)10(56)4-78-44)92-48-34(74)25(65)39(15(3-55)86-48)91-47-33(73)23(63)22(62)13(1-53)85-47/h10-51,53-77H,1-9H2/t10-,11-,12-,13-,14-,15-,16-,17-,18-,19+,20+,21+,22+,23+,24-,25-,26-,27-,28-,29-,30-,31-,32-,33-,34-,35-,36-,37-,38-,39-,40-,41-,42-,43+,44-,45-,46-,47+,48+,49+,50+,51+/m1/s1. The van der Waals surface area contributed by atoms with E-state index in [0.29, 0.717) is 0 Å². The van der Waals surface area contributed by atoms with Crippen molar-refractivity contribution in [2.24, 2.45) is 0 Å². The van der Waals surface area contributed by atoms with E-state index in [-0.39, 0.29) is 0 Å². The zero-order valence-electron chi connectivity index (χ0n) is 49.1. The molecule has 9 saturated heterocycles. The lowest BCUT2D eigenvalue weighted by Gasteiger charge is -2.50. The summed E-state index contributed by atoms with van der Waals surface area (Å²) in [5, 5.41) is 270. The summed E-state index contributed by atoms with van der Waals surface area (Å²) in [5.41, 5.74) is 0. The van der Waals surface area contributed by atoms with E-state index < -0.39 is 318 Å². The van der Waals surface area contributed by atoms with E-state index in [1.165, 1.54) is 0 Å². The van der Waals surface area contributed by atoms with Crippen LogP contribution in [-0.2, 0) is 80.5 Å². The molecule has 43 heteroatoms. The van der Waals surface area contributed by atoms with Gasteiger partial charge in [-0.1, -0.05) is 0 Å². The minimum absolute atomic E-state index is 0.605. The highest BCUT2D eigenvalue weighted by Crippen LogP contribution is 2.38. The van der Waals surface area contributed by atoms with E-state index >= 15 is 0 Å². The van der Waals surface area contributed by atoms with Crippen LogP contribution in [0.15, 0.2) is 0 Å². The second-order valence-electron chi connectivity index (χ2n) is 23.9. The number of halogens is 1. The van der Waals surface area contributed by atoms with E-state index in [2.05, 4.69) is 0 Å². The summed E-state index contributed by atoms with van der Waals surface area (Å²) in [6, 6.07) is 0. The number of ether oxygens (including phenoxy) is 17. The Morgan fingerprint density at radius 3 is 0.777 bits per heavy atom. The monoisotopic (exact) mass is 1390 g/mol. The zero-order chi connectivity index (χ0) is 68.6. The van der Waals surface area contributed by atoms with Gasteiger partial charge in [0.15, 0.2) is 50.3 Å². The van der Waals surface area contributed by atoms with Gasteiger partial charge in [-0.2, -0.15) is 0 Å². The van der Waals surface area contributed by atoms with E-state index in [1.807, 2.05) is 0 Å². The number of aliphatic hydroxyl groups excluding tert-OH is 25. The minimum Gasteiger partial charge on any atom is -0.394 e. The van der Waals surface area contributed by atoms with Gasteiger partial charge in [-0.15, -0.1) is 0 Å². The number of alkyl halides is 1. The number of rotatable bonds is 22. The van der Waals surface area contributed by atoms with E-state index in [9.17, 15) is 132 Å². The summed E-state index contributed by atoms with van der Waals surface area (Å²) in [4.78, 5) is 0. The first kappa shape index (κ1) is 76.4. The molecule has 42 atom stereocenters. The molecule has 25 N–H and O–H groups in total. The highest BCUT2D eigenvalue weighted by atomic mass is 19.1. The topological polar surface area (TPSA) is 663 Å². The lowest BCUT2D eigenvalue weighted by atomic mass is 9.95. The molecule has 0 spiro atoms. The Morgan fingerprint density at radius 1 is 0.245 bits per heavy atom. The fourth-order valence-corrected chi connectivity index (χ4v) is 11.8. The number of hydrogen-bond donors (Lipinski definition) is 25. The quantitative estimate of drug-likeness (QED) is 0.0479. The maximum absolute atomic E-state index is 14.4. The average Bonchev–Trinajstić information content (AvgIpc) is 0.777. The summed E-state index contributed by atoms with van der Waals surface area (Å²) in [6.07, 6.45) is -85.6. The van der Waals surface area contributed by atoms with Crippen molar-refractivity contribution in [2.75, 3.05) is 59.5 Å². The Hall–Kier alpha value is -1.75. The summed E-state index contributed by atoms with van der Waals surface area (Å²) < 4.78 is 111. The van der Waals surface area contributed by atoms with Crippen LogP contribution in [0, 0.1) is 0 Å². The Morgan fingerprint density at radius 2 is 0.479 bits per heavy atom. The lowest BCUT2D eigenvalue weighted by Crippen LogP contribution is -2.68. The first-order chi connectivity index (χ1) is 44.5. The van der Waals surface area contributed by atoms with Crippen LogP contribution in [0.1, 0.15) is 0 Å². The summed E-state index contributed by atoms with van der Waals surface area (Å²) in [6.45, 7) is -7.84. The van der Waals surface area contributed by atoms with E-state index in [4.69, 9.17) is 80.5 Å². The molecule has 548 valence electrons. The van der Waals surface area contributed by atoms with Crippen LogP contribution in [0.2, 0.25) is 0 Å². The van der Waals surface area contributed by atoms with Crippen molar-refractivity contribution in [1.29, 1.82) is 0 Å². The van der Waals surface area contributed by atoms with Gasteiger partial charge in [0.1, 0.15) is 201 Å². The molecule has 94 heavy (non-hydrogen) atoms. The number of aliphatic hydroxyl groups is 25. The molecule has 0 radical (unpaired) electrons. The third-order valence-electron chi connectivity index (χ3n) is 17.5. The smallest absolute Gasteiger partial charge is 0.228 e. The third-order valence-corrected chi connectivity index (χ3v) is 17.5. The minimum atomic E-state index is -2.54. The highest BCUT2D eigenvalue weighted by molar-refractivity contribution is 5.01. The summed E-state index contributed by atoms with van der Waals surface area (Å²) in [7, 11) is 0. The van der Waals surface area contributed by atoms with Gasteiger partial charge in [0.2, 0.25) is 6.36 Å². The van der Waals surface area contributed by atoms with Crippen LogP contribution >= 0.6 is 0 Å². The van der Waals surface area contributed by atoms with Gasteiger partial charge in [0.05, 0.1) is 59.5 Å². The molecule has 0 aromatic heterocycles. The molecule has 9 rings (SSSR count). The molecule has 0 saturated carbocycles. The van der Waals surface area contributed by atoms with Gasteiger partial charge >= 0.3 is 0 Å². The molecular weight excluding hydrogens is 1300 g/mol. The molecule has 9 aliphatic heterocycles. The van der Waals surface area contributed by atoms with Crippen molar-refractivity contribution in [1.82, 2.24) is 0 Å². The van der Waals surface area contributed by atoms with Crippen LogP contribution < -0.4 is 0 Å². The van der Waals surface area contributed by atoms with Crippen molar-refractivity contribution in [3.8, 4) is 0 Å². The molecule has 9 heterocycles. The van der Waals surface area contributed by atoms with Gasteiger partial charge < -0.3 is 208 Å². The van der Waals surface area contributed by atoms with Crippen LogP contribution in [-0.4, -0.2) is 445 Å². The molecule has 0 aliphatic carbocycles. The summed E-state index contributed by atoms with van der Waals surface area (Å²) in [5.74, 6) is 0. The first-order valence-corrected chi connectivity index (χ1v) is 29.9. The van der Waals surface area contributed by atoms with Crippen molar-refractivity contribution in [3.05, 3.63) is 0 Å². The first-order valence-electron chi connectivity index (χ1n) is 29.9. The zero-order valence-corrected chi connectivity index (χ0v) is 49.1. The maximum Gasteiger partial charge on any atom is 0.228 e. The second kappa shape index (κ2) is 32.9. The van der Waals surface area contributed by atoms with Crippen molar-refractivity contribution in [3.63, 3.8) is 0 Å². The van der Waals surface area contributed by atoms with E-state index in [0.717, 1.165) is 0 Å². The van der Waals surface area contributed by atoms with Gasteiger partial charge in [0, 0.05) is 0 Å². The van der Waals surface area contributed by atoms with Gasteiger partial charge in [-0.3, -0.25) is 0 Å². The fraction of sp³-hybridized carbons (Fsp3) is 1.00. The number of hydrogen-bond acceptors (Lipinski definition) is 42. The van der Waals surface area contributed by atoms with Gasteiger partial charge in [-0.05, 0) is 0 Å². The highest BCUT2D eigenvalue weighted by Gasteiger charge is 2.59. The van der Waals surface area contributed by atoms with Crippen molar-refractivity contribution >= 4 is 0 Å². The Kier molecular flexibility index (Phi) is 26.8.